The van der Waals surface area contributed by atoms with E-state index in [4.69, 9.17) is 11.6 Å². The van der Waals surface area contributed by atoms with Gasteiger partial charge in [-0.05, 0) is 42.1 Å². The van der Waals surface area contributed by atoms with Gasteiger partial charge in [0.25, 0.3) is 5.91 Å². The number of nitrogens with one attached hydrogen (secondary N) is 1. The van der Waals surface area contributed by atoms with Crippen molar-refractivity contribution in [2.24, 2.45) is 0 Å². The second kappa shape index (κ2) is 5.42. The lowest BCUT2D eigenvalue weighted by atomic mass is 10.2. The molecule has 0 unspecified atom stereocenters. The molecule has 0 spiro atoms. The zero-order chi connectivity index (χ0) is 13.1. The van der Waals surface area contributed by atoms with Gasteiger partial charge in [-0.3, -0.25) is 4.79 Å². The highest BCUT2D eigenvalue weighted by molar-refractivity contribution is 7.10. The Hall–Kier alpha value is -1.52. The van der Waals surface area contributed by atoms with Crippen molar-refractivity contribution in [3.8, 4) is 5.75 Å². The van der Waals surface area contributed by atoms with Crippen molar-refractivity contribution in [1.82, 2.24) is 5.32 Å². The molecule has 0 aliphatic heterocycles. The van der Waals surface area contributed by atoms with Crippen molar-refractivity contribution < 1.29 is 9.90 Å². The number of thiophene rings is 1. The minimum Gasteiger partial charge on any atom is -0.506 e. The summed E-state index contributed by atoms with van der Waals surface area (Å²) in [6, 6.07) is 6.42. The predicted octanol–water partition coefficient (Wildman–Crippen LogP) is 3.35. The number of benzene rings is 1. The molecule has 2 rings (SSSR count). The fraction of sp³-hybridized carbons (Fsp3) is 0.154. The fourth-order valence-electron chi connectivity index (χ4n) is 1.50. The summed E-state index contributed by atoms with van der Waals surface area (Å²) in [5.74, 6) is -0.230. The molecule has 1 heterocycles. The Morgan fingerprint density at radius 2 is 2.22 bits per heavy atom. The van der Waals surface area contributed by atoms with Crippen LogP contribution in [-0.4, -0.2) is 11.0 Å². The molecule has 0 aliphatic carbocycles. The van der Waals surface area contributed by atoms with Crippen molar-refractivity contribution >= 4 is 28.8 Å². The van der Waals surface area contributed by atoms with Gasteiger partial charge in [0.2, 0.25) is 0 Å². The van der Waals surface area contributed by atoms with E-state index in [1.807, 2.05) is 18.4 Å². The van der Waals surface area contributed by atoms with E-state index >= 15 is 0 Å². The molecule has 0 radical (unpaired) electrons. The standard InChI is InChI=1S/C13H12ClNO2S/c1-8-4-5-18-12(8)7-15-13(17)9-2-3-11(16)10(14)6-9/h2-6,16H,7H2,1H3,(H,15,17). The summed E-state index contributed by atoms with van der Waals surface area (Å²) in [6.07, 6.45) is 0. The van der Waals surface area contributed by atoms with Crippen LogP contribution in [0, 0.1) is 6.92 Å². The molecule has 1 aromatic heterocycles. The number of rotatable bonds is 3. The van der Waals surface area contributed by atoms with Gasteiger partial charge >= 0.3 is 0 Å². The van der Waals surface area contributed by atoms with E-state index in [2.05, 4.69) is 5.32 Å². The lowest BCUT2D eigenvalue weighted by Gasteiger charge is -2.05. The number of phenolic OH excluding ortho intramolecular Hbond substituents is 1. The van der Waals surface area contributed by atoms with E-state index in [9.17, 15) is 9.90 Å². The van der Waals surface area contributed by atoms with Crippen molar-refractivity contribution in [1.29, 1.82) is 0 Å². The summed E-state index contributed by atoms with van der Waals surface area (Å²) < 4.78 is 0. The normalized spacial score (nSPS) is 10.3. The van der Waals surface area contributed by atoms with Gasteiger partial charge in [-0.15, -0.1) is 11.3 Å². The van der Waals surface area contributed by atoms with Gasteiger partial charge in [0, 0.05) is 10.4 Å². The first-order valence-corrected chi connectivity index (χ1v) is 6.63. The monoisotopic (exact) mass is 281 g/mol. The van der Waals surface area contributed by atoms with Crippen molar-refractivity contribution in [3.05, 3.63) is 50.7 Å². The van der Waals surface area contributed by atoms with Gasteiger partial charge in [-0.1, -0.05) is 11.6 Å². The number of aryl methyl sites for hydroxylation is 1. The third kappa shape index (κ3) is 2.83. The molecule has 0 saturated heterocycles. The molecule has 0 aliphatic rings. The van der Waals surface area contributed by atoms with Crippen LogP contribution >= 0.6 is 22.9 Å². The molecule has 1 aromatic carbocycles. The van der Waals surface area contributed by atoms with Crippen LogP contribution in [-0.2, 0) is 6.54 Å². The van der Waals surface area contributed by atoms with Gasteiger partial charge in [-0.2, -0.15) is 0 Å². The van der Waals surface area contributed by atoms with E-state index in [0.29, 0.717) is 12.1 Å². The Bertz CT molecular complexity index is 580. The zero-order valence-electron chi connectivity index (χ0n) is 9.74. The molecule has 0 atom stereocenters. The largest absolute Gasteiger partial charge is 0.506 e. The van der Waals surface area contributed by atoms with Crippen molar-refractivity contribution in [2.75, 3.05) is 0 Å². The van der Waals surface area contributed by atoms with E-state index < -0.39 is 0 Å². The SMILES string of the molecule is Cc1ccsc1CNC(=O)c1ccc(O)c(Cl)c1. The number of carbonyl (C=O) groups is 1. The molecule has 94 valence electrons. The van der Waals surface area contributed by atoms with E-state index in [0.717, 1.165) is 4.88 Å². The Balaban J connectivity index is 2.04. The molecule has 3 nitrogen and oxygen atoms in total. The Morgan fingerprint density at radius 3 is 2.83 bits per heavy atom. The summed E-state index contributed by atoms with van der Waals surface area (Å²) >= 11 is 7.37. The fourth-order valence-corrected chi connectivity index (χ4v) is 2.52. The molecule has 5 heteroatoms. The Kier molecular flexibility index (Phi) is 3.89. The van der Waals surface area contributed by atoms with Gasteiger partial charge in [0.05, 0.1) is 11.6 Å². The maximum absolute atomic E-state index is 11.9. The van der Waals surface area contributed by atoms with Gasteiger partial charge < -0.3 is 10.4 Å². The summed E-state index contributed by atoms with van der Waals surface area (Å²) in [6.45, 7) is 2.51. The zero-order valence-corrected chi connectivity index (χ0v) is 11.3. The molecule has 1 amide bonds. The van der Waals surface area contributed by atoms with E-state index in [-0.39, 0.29) is 16.7 Å². The number of amides is 1. The van der Waals surface area contributed by atoms with Gasteiger partial charge in [-0.25, -0.2) is 0 Å². The highest BCUT2D eigenvalue weighted by Gasteiger charge is 2.09. The number of carbonyl (C=O) groups excluding carboxylic acids is 1. The average molecular weight is 282 g/mol. The molecule has 0 fully saturated rings. The predicted molar refractivity (Wildman–Crippen MR) is 73.3 cm³/mol. The van der Waals surface area contributed by atoms with Crippen LogP contribution in [0.15, 0.2) is 29.6 Å². The number of hydrogen-bond acceptors (Lipinski definition) is 3. The van der Waals surface area contributed by atoms with Crippen LogP contribution in [0.4, 0.5) is 0 Å². The quantitative estimate of drug-likeness (QED) is 0.906. The molecular formula is C13H12ClNO2S. The van der Waals surface area contributed by atoms with Gasteiger partial charge in [0.15, 0.2) is 0 Å². The van der Waals surface area contributed by atoms with Crippen molar-refractivity contribution in [2.45, 2.75) is 13.5 Å². The third-order valence-corrected chi connectivity index (χ3v) is 3.91. The van der Waals surface area contributed by atoms with E-state index in [1.54, 1.807) is 11.3 Å². The van der Waals surface area contributed by atoms with Crippen LogP contribution in [0.3, 0.4) is 0 Å². The topological polar surface area (TPSA) is 49.3 Å². The average Bonchev–Trinajstić information content (AvgIpc) is 2.75. The minimum atomic E-state index is -0.204. The lowest BCUT2D eigenvalue weighted by Crippen LogP contribution is -2.22. The first kappa shape index (κ1) is 12.9. The highest BCUT2D eigenvalue weighted by Crippen LogP contribution is 2.23. The second-order valence-corrected chi connectivity index (χ2v) is 5.28. The minimum absolute atomic E-state index is 0.0256. The van der Waals surface area contributed by atoms with E-state index in [1.165, 1.54) is 23.8 Å². The number of hydrogen-bond donors (Lipinski definition) is 2. The lowest BCUT2D eigenvalue weighted by molar-refractivity contribution is 0.0951. The molecule has 2 aromatic rings. The highest BCUT2D eigenvalue weighted by atomic mass is 35.5. The summed E-state index contributed by atoms with van der Waals surface area (Å²) in [5.41, 5.74) is 1.61. The Labute approximate surface area is 114 Å². The summed E-state index contributed by atoms with van der Waals surface area (Å²) in [7, 11) is 0. The van der Waals surface area contributed by atoms with Crippen LogP contribution < -0.4 is 5.32 Å². The van der Waals surface area contributed by atoms with Crippen LogP contribution in [0.5, 0.6) is 5.75 Å². The molecule has 18 heavy (non-hydrogen) atoms. The number of aromatic hydroxyl groups is 1. The van der Waals surface area contributed by atoms with Gasteiger partial charge in [0.1, 0.15) is 5.75 Å². The second-order valence-electron chi connectivity index (χ2n) is 3.88. The number of halogens is 1. The summed E-state index contributed by atoms with van der Waals surface area (Å²) in [5, 5.41) is 14.3. The first-order chi connectivity index (χ1) is 8.58. The van der Waals surface area contributed by atoms with Crippen LogP contribution in [0.25, 0.3) is 0 Å². The maximum atomic E-state index is 11.9. The van der Waals surface area contributed by atoms with Crippen LogP contribution in [0.1, 0.15) is 20.8 Å². The summed E-state index contributed by atoms with van der Waals surface area (Å²) in [4.78, 5) is 13.0. The van der Waals surface area contributed by atoms with Crippen molar-refractivity contribution in [3.63, 3.8) is 0 Å². The maximum Gasteiger partial charge on any atom is 0.251 e. The molecule has 2 N–H and O–H groups in total. The smallest absolute Gasteiger partial charge is 0.251 e. The molecule has 0 bridgehead atoms. The Morgan fingerprint density at radius 1 is 1.44 bits per heavy atom. The van der Waals surface area contributed by atoms with Crippen LogP contribution in [0.2, 0.25) is 5.02 Å². The first-order valence-electron chi connectivity index (χ1n) is 5.37. The molecular weight excluding hydrogens is 270 g/mol. The molecule has 0 saturated carbocycles. The number of phenols is 1. The third-order valence-electron chi connectivity index (χ3n) is 2.59.